The fraction of sp³-hybridized carbons (Fsp3) is 0.130. The molecule has 1 unspecified atom stereocenters. The number of para-hydroxylation sites is 2. The van der Waals surface area contributed by atoms with Crippen molar-refractivity contribution >= 4 is 34.0 Å². The molecule has 0 aromatic heterocycles. The number of allylic oxidation sites excluding steroid dienone is 8. The minimum Gasteiger partial charge on any atom is -0.314 e. The van der Waals surface area contributed by atoms with Gasteiger partial charge in [-0.15, -0.1) is 0 Å². The Labute approximate surface area is 344 Å². The summed E-state index contributed by atoms with van der Waals surface area (Å²) < 4.78 is 0. The maximum absolute atomic E-state index is 5.43. The number of aliphatic imine (C=N–C) groups is 1. The van der Waals surface area contributed by atoms with Gasteiger partial charge in [-0.25, -0.2) is 0 Å². The summed E-state index contributed by atoms with van der Waals surface area (Å²) in [4.78, 5) is 10.2. The van der Waals surface area contributed by atoms with E-state index in [1.165, 1.54) is 28.0 Å². The fourth-order valence-corrected chi connectivity index (χ4v) is 8.13. The second-order valence-corrected chi connectivity index (χ2v) is 15.0. The number of hydrogen-bond donors (Lipinski definition) is 1. The number of fused-ring (bicyclic) bond motifs is 2. The van der Waals surface area contributed by atoms with Crippen LogP contribution in [0.15, 0.2) is 217 Å². The molecule has 4 nitrogen and oxygen atoms in total. The molecule has 2 aliphatic rings. The Morgan fingerprint density at radius 1 is 0.759 bits per heavy atom. The van der Waals surface area contributed by atoms with Gasteiger partial charge in [-0.2, -0.15) is 0 Å². The minimum atomic E-state index is -0.715. The molecule has 6 aromatic rings. The zero-order valence-electron chi connectivity index (χ0n) is 33.6. The second-order valence-electron chi connectivity index (χ2n) is 15.0. The van der Waals surface area contributed by atoms with Gasteiger partial charge >= 0.3 is 0 Å². The van der Waals surface area contributed by atoms with E-state index in [-0.39, 0.29) is 0 Å². The van der Waals surface area contributed by atoms with Gasteiger partial charge in [0.05, 0.1) is 5.69 Å². The van der Waals surface area contributed by atoms with E-state index in [0.29, 0.717) is 6.54 Å². The van der Waals surface area contributed by atoms with E-state index in [0.717, 1.165) is 63.7 Å². The van der Waals surface area contributed by atoms with Crippen molar-refractivity contribution in [1.29, 1.82) is 0 Å². The Morgan fingerprint density at radius 3 is 2.21 bits per heavy atom. The molecule has 286 valence electrons. The Bertz CT molecular complexity index is 2560. The molecule has 6 aromatic carbocycles. The van der Waals surface area contributed by atoms with Crippen LogP contribution in [0.1, 0.15) is 54.2 Å². The standard InChI is InChI=1S/C54H50N4/c1-5-6-29-48-38-51-50(49-33-18-16-26-44-27-17-19-35-52(44)57(41(49)3)46-30-14-9-15-31-46)34-21-36-53(51)58(48)47-32-20-28-45(37-47)54(4,55-39-42-22-10-7-11-23-42)56-40(2)43-24-12-8-13-25-43/h5-25,27-37,55H,3,26,38-39H2,1-2,4H3/b6-5-,18-16-,48-29+,49-33+,56-40+. The van der Waals surface area contributed by atoms with Gasteiger partial charge < -0.3 is 9.80 Å². The van der Waals surface area contributed by atoms with Gasteiger partial charge in [-0.1, -0.05) is 158 Å². The quantitative estimate of drug-likeness (QED) is 0.141. The third kappa shape index (κ3) is 7.93. The topological polar surface area (TPSA) is 30.9 Å². The summed E-state index contributed by atoms with van der Waals surface area (Å²) in [7, 11) is 0. The molecule has 0 radical (unpaired) electrons. The maximum Gasteiger partial charge on any atom is 0.134 e. The van der Waals surface area contributed by atoms with Gasteiger partial charge in [0.25, 0.3) is 0 Å². The zero-order valence-corrected chi connectivity index (χ0v) is 33.6. The number of nitrogens with zero attached hydrogens (tertiary/aromatic N) is 3. The van der Waals surface area contributed by atoms with Crippen molar-refractivity contribution in [3.05, 3.63) is 246 Å². The summed E-state index contributed by atoms with van der Waals surface area (Å²) in [5.74, 6) is 0. The number of benzene rings is 6. The van der Waals surface area contributed by atoms with E-state index < -0.39 is 5.66 Å². The third-order valence-electron chi connectivity index (χ3n) is 11.1. The van der Waals surface area contributed by atoms with Crippen LogP contribution in [-0.4, -0.2) is 5.71 Å². The number of nitrogens with one attached hydrogen (secondary N) is 1. The predicted molar refractivity (Wildman–Crippen MR) is 246 cm³/mol. The molecule has 8 rings (SSSR count). The average Bonchev–Trinajstić information content (AvgIpc) is 3.67. The molecule has 2 heterocycles. The van der Waals surface area contributed by atoms with Gasteiger partial charge in [0, 0.05) is 52.7 Å². The third-order valence-corrected chi connectivity index (χ3v) is 11.1. The van der Waals surface area contributed by atoms with Gasteiger partial charge in [0.2, 0.25) is 0 Å². The summed E-state index contributed by atoms with van der Waals surface area (Å²) in [6, 6.07) is 55.8. The molecule has 2 aliphatic heterocycles. The largest absolute Gasteiger partial charge is 0.314 e. The molecule has 0 fully saturated rings. The van der Waals surface area contributed by atoms with E-state index in [4.69, 9.17) is 11.6 Å². The average molecular weight is 755 g/mol. The first-order valence-electron chi connectivity index (χ1n) is 20.2. The Hall–Kier alpha value is -6.75. The maximum atomic E-state index is 5.43. The highest BCUT2D eigenvalue weighted by atomic mass is 15.2. The lowest BCUT2D eigenvalue weighted by atomic mass is 9.94. The second kappa shape index (κ2) is 17.2. The molecule has 0 bridgehead atoms. The summed E-state index contributed by atoms with van der Waals surface area (Å²) in [6.45, 7) is 11.9. The monoisotopic (exact) mass is 754 g/mol. The summed E-state index contributed by atoms with van der Waals surface area (Å²) in [5.41, 5.74) is 15.1. The van der Waals surface area contributed by atoms with Crippen molar-refractivity contribution in [3.8, 4) is 0 Å². The van der Waals surface area contributed by atoms with Gasteiger partial charge in [0.15, 0.2) is 0 Å². The van der Waals surface area contributed by atoms with Crippen LogP contribution >= 0.6 is 0 Å². The SMILES string of the molecule is C=C1/C(c2cccc3c2C/C(=C\C=C/C)N3c2cccc(C(C)(/N=C(\C)c3ccccc3)NCc3ccccc3)c2)=C\C=C/Cc2ccccc2N1c1ccccc1. The molecule has 58 heavy (non-hydrogen) atoms. The van der Waals surface area contributed by atoms with Gasteiger partial charge in [-0.05, 0) is 103 Å². The van der Waals surface area contributed by atoms with E-state index in [2.05, 4.69) is 224 Å². The normalized spacial score (nSPS) is 17.5. The van der Waals surface area contributed by atoms with Crippen molar-refractivity contribution in [2.75, 3.05) is 9.80 Å². The van der Waals surface area contributed by atoms with E-state index in [1.54, 1.807) is 0 Å². The minimum absolute atomic E-state index is 0.674. The van der Waals surface area contributed by atoms with E-state index in [9.17, 15) is 0 Å². The molecule has 0 spiro atoms. The van der Waals surface area contributed by atoms with Crippen molar-refractivity contribution in [2.24, 2.45) is 4.99 Å². The summed E-state index contributed by atoms with van der Waals surface area (Å²) >= 11 is 0. The summed E-state index contributed by atoms with van der Waals surface area (Å²) in [5, 5.41) is 3.85. The van der Waals surface area contributed by atoms with Crippen LogP contribution in [0.25, 0.3) is 5.57 Å². The zero-order chi connectivity index (χ0) is 39.9. The highest BCUT2D eigenvalue weighted by Crippen LogP contribution is 2.47. The Kier molecular flexibility index (Phi) is 11.3. The van der Waals surface area contributed by atoms with E-state index in [1.807, 2.05) is 6.07 Å². The Balaban J connectivity index is 1.23. The lowest BCUT2D eigenvalue weighted by Crippen LogP contribution is -2.38. The first-order chi connectivity index (χ1) is 28.4. The number of anilines is 4. The van der Waals surface area contributed by atoms with Crippen LogP contribution in [0.2, 0.25) is 0 Å². The van der Waals surface area contributed by atoms with Crippen LogP contribution < -0.4 is 15.1 Å². The molecule has 0 saturated heterocycles. The molecule has 0 aliphatic carbocycles. The lowest BCUT2D eigenvalue weighted by Gasteiger charge is -2.31. The van der Waals surface area contributed by atoms with Gasteiger partial charge in [0.1, 0.15) is 5.66 Å². The first-order valence-corrected chi connectivity index (χ1v) is 20.2. The number of rotatable bonds is 10. The van der Waals surface area contributed by atoms with Crippen molar-refractivity contribution in [3.63, 3.8) is 0 Å². The van der Waals surface area contributed by atoms with Gasteiger partial charge in [-0.3, -0.25) is 10.3 Å². The fourth-order valence-electron chi connectivity index (χ4n) is 8.13. The number of hydrogen-bond acceptors (Lipinski definition) is 4. The first kappa shape index (κ1) is 38.1. The van der Waals surface area contributed by atoms with Crippen LogP contribution in [0.3, 0.4) is 0 Å². The molecular weight excluding hydrogens is 705 g/mol. The smallest absolute Gasteiger partial charge is 0.134 e. The van der Waals surface area contributed by atoms with Crippen molar-refractivity contribution in [2.45, 2.75) is 45.8 Å². The molecular formula is C54H50N4. The highest BCUT2D eigenvalue weighted by Gasteiger charge is 2.32. The summed E-state index contributed by atoms with van der Waals surface area (Å²) in [6.07, 6.45) is 14.8. The predicted octanol–water partition coefficient (Wildman–Crippen LogP) is 13.2. The highest BCUT2D eigenvalue weighted by molar-refractivity contribution is 5.99. The molecule has 4 heteroatoms. The Morgan fingerprint density at radius 2 is 1.43 bits per heavy atom. The van der Waals surface area contributed by atoms with Crippen molar-refractivity contribution in [1.82, 2.24) is 5.32 Å². The lowest BCUT2D eigenvalue weighted by molar-refractivity contribution is 0.381. The molecule has 0 saturated carbocycles. The van der Waals surface area contributed by atoms with E-state index >= 15 is 0 Å². The molecule has 1 N–H and O–H groups in total. The van der Waals surface area contributed by atoms with Crippen molar-refractivity contribution < 1.29 is 0 Å². The van der Waals surface area contributed by atoms with Crippen LogP contribution in [0.4, 0.5) is 22.7 Å². The molecule has 0 amide bonds. The van der Waals surface area contributed by atoms with Crippen LogP contribution in [0.5, 0.6) is 0 Å². The van der Waals surface area contributed by atoms with Crippen LogP contribution in [-0.2, 0) is 25.0 Å². The molecule has 1 atom stereocenters. The van der Waals surface area contributed by atoms with Crippen LogP contribution in [0, 0.1) is 0 Å².